The van der Waals surface area contributed by atoms with Gasteiger partial charge in [0.05, 0.1) is 0 Å². The number of nitrogens with two attached hydrogens (primary N) is 1. The molecule has 1 aromatic carbocycles. The maximum Gasteiger partial charge on any atom is 0.123 e. The molecule has 3 heteroatoms. The van der Waals surface area contributed by atoms with Gasteiger partial charge in [0.1, 0.15) is 5.82 Å². The third-order valence-electron chi connectivity index (χ3n) is 4.01. The van der Waals surface area contributed by atoms with Crippen LogP contribution in [0.1, 0.15) is 37.8 Å². The van der Waals surface area contributed by atoms with E-state index in [2.05, 4.69) is 18.7 Å². The van der Waals surface area contributed by atoms with Crippen LogP contribution in [0.25, 0.3) is 0 Å². The van der Waals surface area contributed by atoms with Gasteiger partial charge in [-0.1, -0.05) is 13.0 Å². The summed E-state index contributed by atoms with van der Waals surface area (Å²) in [5, 5.41) is 0. The quantitative estimate of drug-likeness (QED) is 0.893. The van der Waals surface area contributed by atoms with E-state index in [1.165, 1.54) is 24.5 Å². The van der Waals surface area contributed by atoms with Crippen LogP contribution in [-0.4, -0.2) is 17.5 Å². The maximum absolute atomic E-state index is 13.2. The first kappa shape index (κ1) is 13.5. The second-order valence-corrected chi connectivity index (χ2v) is 5.58. The third-order valence-corrected chi connectivity index (χ3v) is 4.01. The first-order chi connectivity index (χ1) is 8.60. The highest BCUT2D eigenvalue weighted by atomic mass is 19.1. The third kappa shape index (κ3) is 3.09. The van der Waals surface area contributed by atoms with Crippen molar-refractivity contribution in [1.82, 2.24) is 4.90 Å². The summed E-state index contributed by atoms with van der Waals surface area (Å²) < 4.78 is 13.2. The van der Waals surface area contributed by atoms with E-state index in [0.717, 1.165) is 24.6 Å². The number of halogens is 1. The Kier molecular flexibility index (Phi) is 4.36. The molecule has 0 bridgehead atoms. The fourth-order valence-corrected chi connectivity index (χ4v) is 2.76. The van der Waals surface area contributed by atoms with E-state index in [1.54, 1.807) is 6.07 Å². The van der Waals surface area contributed by atoms with Crippen molar-refractivity contribution in [2.24, 2.45) is 11.7 Å². The Bertz CT molecular complexity index is 405. The van der Waals surface area contributed by atoms with E-state index >= 15 is 0 Å². The second-order valence-electron chi connectivity index (χ2n) is 5.58. The zero-order valence-electron chi connectivity index (χ0n) is 11.3. The van der Waals surface area contributed by atoms with E-state index in [0.29, 0.717) is 12.6 Å². The normalized spacial score (nSPS) is 25.3. The van der Waals surface area contributed by atoms with Crippen LogP contribution in [0.4, 0.5) is 4.39 Å². The van der Waals surface area contributed by atoms with Crippen molar-refractivity contribution in [1.29, 1.82) is 0 Å². The van der Waals surface area contributed by atoms with Gasteiger partial charge in [-0.3, -0.25) is 4.90 Å². The Morgan fingerprint density at radius 2 is 2.06 bits per heavy atom. The van der Waals surface area contributed by atoms with Gasteiger partial charge in [0, 0.05) is 25.7 Å². The predicted octanol–water partition coefficient (Wildman–Crippen LogP) is 2.90. The van der Waals surface area contributed by atoms with E-state index in [9.17, 15) is 4.39 Å². The lowest BCUT2D eigenvalue weighted by molar-refractivity contribution is 0.117. The van der Waals surface area contributed by atoms with Gasteiger partial charge in [0.25, 0.3) is 0 Å². The molecule has 1 saturated heterocycles. The van der Waals surface area contributed by atoms with Crippen LogP contribution >= 0.6 is 0 Å². The molecule has 1 heterocycles. The van der Waals surface area contributed by atoms with Gasteiger partial charge < -0.3 is 5.73 Å². The van der Waals surface area contributed by atoms with Crippen molar-refractivity contribution in [3.05, 3.63) is 35.1 Å². The van der Waals surface area contributed by atoms with Crippen molar-refractivity contribution in [2.45, 2.75) is 45.8 Å². The summed E-state index contributed by atoms with van der Waals surface area (Å²) in [5.74, 6) is 0.558. The minimum atomic E-state index is -0.195. The van der Waals surface area contributed by atoms with Crippen molar-refractivity contribution in [2.75, 3.05) is 6.54 Å². The number of piperidine rings is 1. The van der Waals surface area contributed by atoms with Crippen molar-refractivity contribution in [3.63, 3.8) is 0 Å². The summed E-state index contributed by atoms with van der Waals surface area (Å²) in [7, 11) is 0. The molecule has 1 aliphatic rings. The number of likely N-dealkylation sites (tertiary alicyclic amines) is 1. The van der Waals surface area contributed by atoms with Gasteiger partial charge in [0.2, 0.25) is 0 Å². The summed E-state index contributed by atoms with van der Waals surface area (Å²) in [4.78, 5) is 2.49. The monoisotopic (exact) mass is 250 g/mol. The smallest absolute Gasteiger partial charge is 0.123 e. The molecular formula is C15H23FN2. The standard InChI is InChI=1S/C15H23FN2/c1-11-3-4-12(2)18(9-11)10-13-5-6-15(16)7-14(13)8-17/h5-7,11-12H,3-4,8-10,17H2,1-2H3. The molecule has 2 nitrogen and oxygen atoms in total. The molecule has 0 amide bonds. The molecule has 2 N–H and O–H groups in total. The van der Waals surface area contributed by atoms with Crippen LogP contribution in [-0.2, 0) is 13.1 Å². The molecule has 2 rings (SSSR count). The Balaban J connectivity index is 2.12. The van der Waals surface area contributed by atoms with Crippen LogP contribution in [0.3, 0.4) is 0 Å². The Hall–Kier alpha value is -0.930. The molecule has 100 valence electrons. The topological polar surface area (TPSA) is 29.3 Å². The van der Waals surface area contributed by atoms with Crippen LogP contribution in [0.5, 0.6) is 0 Å². The lowest BCUT2D eigenvalue weighted by atomic mass is 9.94. The molecule has 0 aliphatic carbocycles. The van der Waals surface area contributed by atoms with Gasteiger partial charge in [-0.25, -0.2) is 4.39 Å². The van der Waals surface area contributed by atoms with Gasteiger partial charge in [-0.05, 0) is 48.9 Å². The van der Waals surface area contributed by atoms with Gasteiger partial charge in [-0.15, -0.1) is 0 Å². The predicted molar refractivity (Wildman–Crippen MR) is 72.6 cm³/mol. The Labute approximate surface area is 109 Å². The minimum absolute atomic E-state index is 0.195. The van der Waals surface area contributed by atoms with Gasteiger partial charge >= 0.3 is 0 Å². The fourth-order valence-electron chi connectivity index (χ4n) is 2.76. The summed E-state index contributed by atoms with van der Waals surface area (Å²) in [5.41, 5.74) is 7.80. The zero-order valence-corrected chi connectivity index (χ0v) is 11.3. The minimum Gasteiger partial charge on any atom is -0.326 e. The molecule has 2 unspecified atom stereocenters. The summed E-state index contributed by atoms with van der Waals surface area (Å²) in [6.45, 7) is 7.00. The fraction of sp³-hybridized carbons (Fsp3) is 0.600. The largest absolute Gasteiger partial charge is 0.326 e. The number of rotatable bonds is 3. The summed E-state index contributed by atoms with van der Waals surface area (Å²) in [6.07, 6.45) is 2.56. The molecule has 0 spiro atoms. The summed E-state index contributed by atoms with van der Waals surface area (Å²) >= 11 is 0. The molecule has 1 aliphatic heterocycles. The average molecular weight is 250 g/mol. The Morgan fingerprint density at radius 3 is 2.78 bits per heavy atom. The highest BCUT2D eigenvalue weighted by Crippen LogP contribution is 2.24. The van der Waals surface area contributed by atoms with E-state index in [4.69, 9.17) is 5.73 Å². The highest BCUT2D eigenvalue weighted by Gasteiger charge is 2.23. The van der Waals surface area contributed by atoms with Crippen LogP contribution in [0, 0.1) is 11.7 Å². The summed E-state index contributed by atoms with van der Waals surface area (Å²) in [6, 6.07) is 5.58. The molecule has 2 atom stereocenters. The molecule has 0 radical (unpaired) electrons. The number of hydrogen-bond donors (Lipinski definition) is 1. The van der Waals surface area contributed by atoms with Crippen LogP contribution in [0.15, 0.2) is 18.2 Å². The second kappa shape index (κ2) is 5.81. The number of hydrogen-bond acceptors (Lipinski definition) is 2. The first-order valence-corrected chi connectivity index (χ1v) is 6.81. The van der Waals surface area contributed by atoms with Crippen molar-refractivity contribution < 1.29 is 4.39 Å². The molecular weight excluding hydrogens is 227 g/mol. The Morgan fingerprint density at radius 1 is 1.28 bits per heavy atom. The molecule has 18 heavy (non-hydrogen) atoms. The van der Waals surface area contributed by atoms with E-state index in [-0.39, 0.29) is 5.82 Å². The zero-order chi connectivity index (χ0) is 13.1. The van der Waals surface area contributed by atoms with Crippen molar-refractivity contribution in [3.8, 4) is 0 Å². The lowest BCUT2D eigenvalue weighted by Crippen LogP contribution is -2.40. The van der Waals surface area contributed by atoms with Crippen LogP contribution in [0.2, 0.25) is 0 Å². The highest BCUT2D eigenvalue weighted by molar-refractivity contribution is 5.27. The lowest BCUT2D eigenvalue weighted by Gasteiger charge is -2.37. The van der Waals surface area contributed by atoms with Gasteiger partial charge in [-0.2, -0.15) is 0 Å². The van der Waals surface area contributed by atoms with Crippen LogP contribution < -0.4 is 5.73 Å². The maximum atomic E-state index is 13.2. The SMILES string of the molecule is CC1CCC(C)N(Cc2ccc(F)cc2CN)C1. The molecule has 1 aromatic rings. The first-order valence-electron chi connectivity index (χ1n) is 6.81. The number of benzene rings is 1. The van der Waals surface area contributed by atoms with E-state index < -0.39 is 0 Å². The molecule has 0 saturated carbocycles. The van der Waals surface area contributed by atoms with Gasteiger partial charge in [0.15, 0.2) is 0 Å². The molecule has 1 fully saturated rings. The molecule has 0 aromatic heterocycles. The van der Waals surface area contributed by atoms with E-state index in [1.807, 2.05) is 6.07 Å². The van der Waals surface area contributed by atoms with Crippen molar-refractivity contribution >= 4 is 0 Å². The average Bonchev–Trinajstić information content (AvgIpc) is 2.36. The number of nitrogens with zero attached hydrogens (tertiary/aromatic N) is 1.